The quantitative estimate of drug-likeness (QED) is 0.525. The number of benzene rings is 1. The summed E-state index contributed by atoms with van der Waals surface area (Å²) in [6.07, 6.45) is 8.95. The van der Waals surface area contributed by atoms with Crippen molar-refractivity contribution in [3.63, 3.8) is 0 Å². The Labute approximate surface area is 193 Å². The van der Waals surface area contributed by atoms with Gasteiger partial charge in [0.2, 0.25) is 0 Å². The van der Waals surface area contributed by atoms with Crippen molar-refractivity contribution in [2.45, 2.75) is 64.7 Å². The van der Waals surface area contributed by atoms with Crippen LogP contribution in [0.5, 0.6) is 0 Å². The van der Waals surface area contributed by atoms with Crippen LogP contribution in [-0.4, -0.2) is 5.43 Å². The number of fused-ring (bicyclic) bond motifs is 1. The first kappa shape index (κ1) is 26.2. The van der Waals surface area contributed by atoms with E-state index in [0.29, 0.717) is 5.41 Å². The zero-order valence-electron chi connectivity index (χ0n) is 18.6. The van der Waals surface area contributed by atoms with Crippen LogP contribution >= 0.6 is 0 Å². The first-order valence-electron chi connectivity index (χ1n) is 9.89. The summed E-state index contributed by atoms with van der Waals surface area (Å²) < 4.78 is 2.60. The molecular weight excluding hydrogens is 478 g/mol. The Balaban J connectivity index is 0.00000196. The van der Waals surface area contributed by atoms with Crippen LogP contribution < -0.4 is 24.8 Å². The third kappa shape index (κ3) is 5.23. The third-order valence-corrected chi connectivity index (χ3v) is 23.8. The maximum atomic E-state index is 2.70. The van der Waals surface area contributed by atoms with E-state index < -0.39 is 20.4 Å². The van der Waals surface area contributed by atoms with Gasteiger partial charge in [-0.25, -0.2) is 0 Å². The number of rotatable bonds is 2. The van der Waals surface area contributed by atoms with E-state index in [0.717, 1.165) is 3.63 Å². The van der Waals surface area contributed by atoms with E-state index in [1.807, 2.05) is 3.28 Å². The Kier molecular flexibility index (Phi) is 8.88. The predicted octanol–water partition coefficient (Wildman–Crippen LogP) is 1.31. The fraction of sp³-hybridized carbons (Fsp3) is 0.500. The molecule has 0 N–H and O–H groups in total. The van der Waals surface area contributed by atoms with Gasteiger partial charge < -0.3 is 24.8 Å². The molecule has 0 spiro atoms. The van der Waals surface area contributed by atoms with Crippen LogP contribution in [0, 0.1) is 10.8 Å². The Bertz CT molecular complexity index is 857. The van der Waals surface area contributed by atoms with Crippen LogP contribution in [0.3, 0.4) is 0 Å². The molecule has 28 heavy (non-hydrogen) atoms. The minimum Gasteiger partial charge on any atom is -1.00 e. The van der Waals surface area contributed by atoms with Gasteiger partial charge in [0.05, 0.1) is 0 Å². The third-order valence-electron chi connectivity index (χ3n) is 5.75. The van der Waals surface area contributed by atoms with Gasteiger partial charge in [-0.15, -0.1) is 0 Å². The predicted molar refractivity (Wildman–Crippen MR) is 114 cm³/mol. The van der Waals surface area contributed by atoms with E-state index in [9.17, 15) is 0 Å². The van der Waals surface area contributed by atoms with Gasteiger partial charge in [-0.2, -0.15) is 0 Å². The maximum Gasteiger partial charge on any atom is -1.00 e. The molecule has 1 aromatic rings. The molecule has 0 fully saturated rings. The molecule has 4 heteroatoms. The molecule has 2 aliphatic rings. The number of hydrogen-bond donors (Lipinski definition) is 0. The van der Waals surface area contributed by atoms with Crippen LogP contribution in [0.15, 0.2) is 51.3 Å². The van der Waals surface area contributed by atoms with E-state index >= 15 is 0 Å². The molecule has 2 aliphatic carbocycles. The van der Waals surface area contributed by atoms with Crippen molar-refractivity contribution in [1.82, 2.24) is 0 Å². The van der Waals surface area contributed by atoms with Crippen molar-refractivity contribution < 1.29 is 45.2 Å². The fourth-order valence-electron chi connectivity index (χ4n) is 4.31. The monoisotopic (exact) mass is 510 g/mol. The number of hydrogen-bond acceptors (Lipinski definition) is 0. The Morgan fingerprint density at radius 2 is 1.50 bits per heavy atom. The van der Waals surface area contributed by atoms with Crippen molar-refractivity contribution in [2.75, 3.05) is 0 Å². The topological polar surface area (TPSA) is 0 Å². The average molecular weight is 513 g/mol. The standard InChI is InChI=1S/C13H15.C9H13.C2H6Si.2ClH.Zr/c1-13(2,3)12-9-8-10-6-4-5-7-11(10)12;1-9(2,3)8-6-4-5-7-8;1-3-2;;;/h4-9H,1-3H3;4,6H,7H2,1-3H3;1-2H3;2*1H;/q;;;;;+2/p-2. The van der Waals surface area contributed by atoms with Gasteiger partial charge in [-0.05, 0) is 0 Å². The van der Waals surface area contributed by atoms with E-state index in [2.05, 4.69) is 97.1 Å². The smallest absolute Gasteiger partial charge is 1.00 e. The molecule has 0 amide bonds. The summed E-state index contributed by atoms with van der Waals surface area (Å²) in [7, 11) is 0. The molecule has 0 radical (unpaired) electrons. The zero-order valence-corrected chi connectivity index (χ0v) is 23.6. The van der Waals surface area contributed by atoms with Gasteiger partial charge >= 0.3 is 169 Å². The molecule has 0 saturated carbocycles. The summed E-state index contributed by atoms with van der Waals surface area (Å²) in [5.41, 5.74) is 6.67. The summed E-state index contributed by atoms with van der Waals surface area (Å²) in [6.45, 7) is 19.4. The number of halogens is 2. The molecule has 0 aliphatic heterocycles. The second-order valence-corrected chi connectivity index (χ2v) is 27.8. The van der Waals surface area contributed by atoms with E-state index in [1.54, 1.807) is 16.7 Å². The Morgan fingerprint density at radius 1 is 0.893 bits per heavy atom. The summed E-state index contributed by atoms with van der Waals surface area (Å²) in [5.74, 6) is 0. The molecule has 1 unspecified atom stereocenters. The first-order chi connectivity index (χ1) is 12.0. The molecule has 3 rings (SSSR count). The zero-order chi connectivity index (χ0) is 19.3. The Hall–Kier alpha value is 0.120. The largest absolute Gasteiger partial charge is 1.00 e. The molecule has 1 aromatic carbocycles. The van der Waals surface area contributed by atoms with Crippen LogP contribution in [0.25, 0.3) is 5.57 Å². The molecule has 0 aromatic heterocycles. The molecule has 152 valence electrons. The van der Waals surface area contributed by atoms with Crippen molar-refractivity contribution in [2.24, 2.45) is 10.8 Å². The SMILES string of the molecule is C[Si](C)=[Zr+2]([C]1=CC=C(C(C)(C)C)C1)[CH]1C=C(C(C)(C)C)c2ccccc21.[Cl-].[Cl-]. The van der Waals surface area contributed by atoms with Gasteiger partial charge in [0.15, 0.2) is 0 Å². The van der Waals surface area contributed by atoms with E-state index in [4.69, 9.17) is 0 Å². The normalized spacial score (nSPS) is 18.0. The minimum absolute atomic E-state index is 0. The van der Waals surface area contributed by atoms with Crippen LogP contribution in [0.4, 0.5) is 0 Å². The van der Waals surface area contributed by atoms with Gasteiger partial charge in [0, 0.05) is 0 Å². The van der Waals surface area contributed by atoms with Crippen molar-refractivity contribution in [3.05, 3.63) is 62.5 Å². The molecule has 1 atom stereocenters. The van der Waals surface area contributed by atoms with Crippen LogP contribution in [0.1, 0.15) is 62.7 Å². The van der Waals surface area contributed by atoms with E-state index in [1.165, 1.54) is 12.0 Å². The van der Waals surface area contributed by atoms with Crippen molar-refractivity contribution in [3.8, 4) is 0 Å². The van der Waals surface area contributed by atoms with Gasteiger partial charge in [-0.1, -0.05) is 0 Å². The van der Waals surface area contributed by atoms with Gasteiger partial charge in [-0.3, -0.25) is 0 Å². The Morgan fingerprint density at radius 3 is 2.00 bits per heavy atom. The molecule has 0 saturated heterocycles. The maximum absolute atomic E-state index is 2.70. The summed E-state index contributed by atoms with van der Waals surface area (Å²) in [6, 6.07) is 9.27. The average Bonchev–Trinajstić information content (AvgIpc) is 3.12. The molecule has 0 nitrogen and oxygen atoms in total. The second-order valence-electron chi connectivity index (χ2n) is 10.1. The van der Waals surface area contributed by atoms with Crippen LogP contribution in [0.2, 0.25) is 13.1 Å². The van der Waals surface area contributed by atoms with Crippen LogP contribution in [-0.2, 0) is 20.4 Å². The van der Waals surface area contributed by atoms with Gasteiger partial charge in [0.1, 0.15) is 0 Å². The molecule has 0 bridgehead atoms. The summed E-state index contributed by atoms with van der Waals surface area (Å²) in [4.78, 5) is 0. The fourth-order valence-corrected chi connectivity index (χ4v) is 22.1. The van der Waals surface area contributed by atoms with Crippen molar-refractivity contribution >= 4 is 11.0 Å². The first-order valence-corrected chi connectivity index (χ1v) is 18.7. The molecule has 0 heterocycles. The van der Waals surface area contributed by atoms with Crippen molar-refractivity contribution in [1.29, 1.82) is 0 Å². The van der Waals surface area contributed by atoms with E-state index in [-0.39, 0.29) is 35.7 Å². The summed E-state index contributed by atoms with van der Waals surface area (Å²) >= 11 is -1.75. The second kappa shape index (κ2) is 9.51. The molecular formula is C24H34Cl2SiZr. The number of allylic oxidation sites excluding steroid dienone is 6. The summed E-state index contributed by atoms with van der Waals surface area (Å²) in [5, 5.41) is 0. The van der Waals surface area contributed by atoms with Gasteiger partial charge in [0.25, 0.3) is 0 Å². The minimum atomic E-state index is -1.75.